The average molecular weight is 284 g/mol. The third kappa shape index (κ3) is 2.15. The van der Waals surface area contributed by atoms with Gasteiger partial charge in [0, 0.05) is 5.02 Å². The van der Waals surface area contributed by atoms with Crippen LogP contribution in [0.1, 0.15) is 19.9 Å². The summed E-state index contributed by atoms with van der Waals surface area (Å²) in [4.78, 5) is 14.7. The molecule has 0 saturated heterocycles. The van der Waals surface area contributed by atoms with Crippen molar-refractivity contribution >= 4 is 40.8 Å². The molecule has 1 unspecified atom stereocenters. The Balaban J connectivity index is 2.76. The van der Waals surface area contributed by atoms with Crippen LogP contribution in [0.25, 0.3) is 11.0 Å². The van der Waals surface area contributed by atoms with Crippen molar-refractivity contribution in [1.29, 1.82) is 0 Å². The van der Waals surface area contributed by atoms with Gasteiger partial charge < -0.3 is 15.3 Å². The van der Waals surface area contributed by atoms with Crippen LogP contribution in [-0.2, 0) is 4.79 Å². The van der Waals surface area contributed by atoms with Crippen LogP contribution < -0.4 is 5.73 Å². The monoisotopic (exact) mass is 283 g/mol. The first-order valence-electron chi connectivity index (χ1n) is 5.61. The van der Waals surface area contributed by atoms with Gasteiger partial charge in [0.15, 0.2) is 4.77 Å². The molecule has 0 aliphatic carbocycles. The Kier molecular flexibility index (Phi) is 3.45. The number of H-pyrrole nitrogens is 1. The molecule has 2 rings (SSSR count). The van der Waals surface area contributed by atoms with Crippen LogP contribution in [-0.4, -0.2) is 15.5 Å². The van der Waals surface area contributed by atoms with Crippen molar-refractivity contribution in [2.24, 2.45) is 11.7 Å². The first-order valence-corrected chi connectivity index (χ1v) is 6.39. The minimum absolute atomic E-state index is 0.0483. The molecule has 18 heavy (non-hydrogen) atoms. The Bertz CT molecular complexity index is 659. The first kappa shape index (κ1) is 13.1. The molecule has 2 aromatic rings. The molecule has 0 aliphatic heterocycles. The summed E-state index contributed by atoms with van der Waals surface area (Å²) in [5.74, 6) is -0.353. The smallest absolute Gasteiger partial charge is 0.240 e. The number of aromatic amines is 1. The summed E-state index contributed by atoms with van der Waals surface area (Å²) in [6, 6.07) is 4.91. The second-order valence-corrected chi connectivity index (χ2v) is 5.38. The number of amides is 1. The molecule has 0 spiro atoms. The largest absolute Gasteiger partial charge is 0.368 e. The molecule has 1 heterocycles. The summed E-state index contributed by atoms with van der Waals surface area (Å²) < 4.78 is 2.22. The Hall–Kier alpha value is -1.33. The van der Waals surface area contributed by atoms with Crippen molar-refractivity contribution in [3.63, 3.8) is 0 Å². The number of nitrogens with one attached hydrogen (secondary N) is 1. The van der Waals surface area contributed by atoms with Crippen molar-refractivity contribution in [2.45, 2.75) is 19.9 Å². The molecule has 3 N–H and O–H groups in total. The van der Waals surface area contributed by atoms with Gasteiger partial charge in [0.25, 0.3) is 0 Å². The normalized spacial score (nSPS) is 13.1. The zero-order chi connectivity index (χ0) is 13.4. The third-order valence-corrected chi connectivity index (χ3v) is 3.41. The molecule has 0 aliphatic rings. The maximum Gasteiger partial charge on any atom is 0.240 e. The highest BCUT2D eigenvalue weighted by atomic mass is 35.5. The standard InChI is InChI=1S/C12H14ClN3OS/c1-6(2)10(11(14)17)16-9-5-7(13)3-4-8(9)15-12(16)18/h3-6,10H,1-2H3,(H2,14,17)(H,15,18). The number of hydrogen-bond donors (Lipinski definition) is 2. The molecule has 0 saturated carbocycles. The minimum atomic E-state index is -0.482. The van der Waals surface area contributed by atoms with Gasteiger partial charge in [0.1, 0.15) is 6.04 Å². The van der Waals surface area contributed by atoms with Crippen molar-refractivity contribution in [3.8, 4) is 0 Å². The van der Waals surface area contributed by atoms with Crippen molar-refractivity contribution in [1.82, 2.24) is 9.55 Å². The Labute approximate surface area is 115 Å². The fourth-order valence-electron chi connectivity index (χ4n) is 2.12. The van der Waals surface area contributed by atoms with E-state index in [1.54, 1.807) is 16.7 Å². The van der Waals surface area contributed by atoms with E-state index in [1.165, 1.54) is 0 Å². The van der Waals surface area contributed by atoms with Crippen LogP contribution in [0.3, 0.4) is 0 Å². The number of benzene rings is 1. The summed E-state index contributed by atoms with van der Waals surface area (Å²) in [5.41, 5.74) is 7.11. The van der Waals surface area contributed by atoms with Gasteiger partial charge in [-0.3, -0.25) is 4.79 Å². The van der Waals surface area contributed by atoms with E-state index in [9.17, 15) is 4.79 Å². The number of carbonyl (C=O) groups excluding carboxylic acids is 1. The van der Waals surface area contributed by atoms with E-state index in [2.05, 4.69) is 4.98 Å². The molecule has 1 aromatic carbocycles. The second-order valence-electron chi connectivity index (χ2n) is 4.55. The first-order chi connectivity index (χ1) is 8.41. The van der Waals surface area contributed by atoms with Gasteiger partial charge in [0.2, 0.25) is 5.91 Å². The summed E-state index contributed by atoms with van der Waals surface area (Å²) >= 11 is 11.3. The van der Waals surface area contributed by atoms with Crippen molar-refractivity contribution < 1.29 is 4.79 Å². The van der Waals surface area contributed by atoms with Crippen LogP contribution in [0.15, 0.2) is 18.2 Å². The van der Waals surface area contributed by atoms with E-state index in [1.807, 2.05) is 19.9 Å². The lowest BCUT2D eigenvalue weighted by Gasteiger charge is -2.19. The van der Waals surface area contributed by atoms with E-state index in [4.69, 9.17) is 29.6 Å². The summed E-state index contributed by atoms with van der Waals surface area (Å²) in [6.07, 6.45) is 0. The molecule has 0 radical (unpaired) electrons. The van der Waals surface area contributed by atoms with Gasteiger partial charge in [-0.25, -0.2) is 0 Å². The number of rotatable bonds is 3. The summed E-state index contributed by atoms with van der Waals surface area (Å²) in [5, 5.41) is 0.595. The quantitative estimate of drug-likeness (QED) is 0.851. The summed E-state index contributed by atoms with van der Waals surface area (Å²) in [6.45, 7) is 3.86. The lowest BCUT2D eigenvalue weighted by atomic mass is 10.0. The average Bonchev–Trinajstić information content (AvgIpc) is 2.55. The van der Waals surface area contributed by atoms with Gasteiger partial charge in [-0.05, 0) is 36.3 Å². The highest BCUT2D eigenvalue weighted by molar-refractivity contribution is 7.71. The fraction of sp³-hybridized carbons (Fsp3) is 0.333. The lowest BCUT2D eigenvalue weighted by molar-refractivity contribution is -0.122. The highest BCUT2D eigenvalue weighted by Crippen LogP contribution is 2.26. The molecule has 0 fully saturated rings. The van der Waals surface area contributed by atoms with Gasteiger partial charge in [-0.2, -0.15) is 0 Å². The number of halogens is 1. The Morgan fingerprint density at radius 3 is 2.72 bits per heavy atom. The van der Waals surface area contributed by atoms with Gasteiger partial charge >= 0.3 is 0 Å². The molecule has 96 valence electrons. The van der Waals surface area contributed by atoms with Crippen molar-refractivity contribution in [2.75, 3.05) is 0 Å². The van der Waals surface area contributed by atoms with Crippen LogP contribution >= 0.6 is 23.8 Å². The number of nitrogens with two attached hydrogens (primary N) is 1. The van der Waals surface area contributed by atoms with E-state index >= 15 is 0 Å². The Morgan fingerprint density at radius 1 is 1.50 bits per heavy atom. The predicted octanol–water partition coefficient (Wildman–Crippen LogP) is 3.03. The molecule has 4 nitrogen and oxygen atoms in total. The molecule has 1 amide bonds. The van der Waals surface area contributed by atoms with E-state index in [0.29, 0.717) is 9.79 Å². The highest BCUT2D eigenvalue weighted by Gasteiger charge is 2.24. The van der Waals surface area contributed by atoms with E-state index in [-0.39, 0.29) is 5.92 Å². The van der Waals surface area contributed by atoms with E-state index < -0.39 is 11.9 Å². The third-order valence-electron chi connectivity index (χ3n) is 2.88. The number of fused-ring (bicyclic) bond motifs is 1. The maximum atomic E-state index is 11.6. The molecule has 1 atom stereocenters. The number of aromatic nitrogens is 2. The number of primary amides is 1. The van der Waals surface area contributed by atoms with Crippen LogP contribution in [0.2, 0.25) is 5.02 Å². The van der Waals surface area contributed by atoms with Crippen LogP contribution in [0, 0.1) is 10.7 Å². The zero-order valence-corrected chi connectivity index (χ0v) is 11.7. The zero-order valence-electron chi connectivity index (χ0n) is 10.1. The Morgan fingerprint density at radius 2 is 2.17 bits per heavy atom. The number of hydrogen-bond acceptors (Lipinski definition) is 2. The second kappa shape index (κ2) is 4.74. The van der Waals surface area contributed by atoms with Gasteiger partial charge in [-0.1, -0.05) is 25.4 Å². The molecular weight excluding hydrogens is 270 g/mol. The topological polar surface area (TPSA) is 63.8 Å². The molecule has 6 heteroatoms. The van der Waals surface area contributed by atoms with Crippen molar-refractivity contribution in [3.05, 3.63) is 28.0 Å². The molecular formula is C12H14ClN3OS. The number of imidazole rings is 1. The lowest BCUT2D eigenvalue weighted by Crippen LogP contribution is -2.30. The minimum Gasteiger partial charge on any atom is -0.368 e. The maximum absolute atomic E-state index is 11.6. The summed E-state index contributed by atoms with van der Waals surface area (Å²) in [7, 11) is 0. The van der Waals surface area contributed by atoms with E-state index in [0.717, 1.165) is 11.0 Å². The fourth-order valence-corrected chi connectivity index (χ4v) is 2.61. The molecule has 1 aromatic heterocycles. The van der Waals surface area contributed by atoms with Crippen LogP contribution in [0.4, 0.5) is 0 Å². The van der Waals surface area contributed by atoms with Crippen LogP contribution in [0.5, 0.6) is 0 Å². The molecule has 0 bridgehead atoms. The number of nitrogens with zero attached hydrogens (tertiary/aromatic N) is 1. The van der Waals surface area contributed by atoms with Gasteiger partial charge in [-0.15, -0.1) is 0 Å². The van der Waals surface area contributed by atoms with Gasteiger partial charge in [0.05, 0.1) is 11.0 Å². The SMILES string of the molecule is CC(C)C(C(N)=O)n1c(=S)[nH]c2ccc(Cl)cc21. The number of carbonyl (C=O) groups is 1. The predicted molar refractivity (Wildman–Crippen MR) is 75.2 cm³/mol.